The van der Waals surface area contributed by atoms with Crippen molar-refractivity contribution < 1.29 is 9.90 Å². The third-order valence-corrected chi connectivity index (χ3v) is 6.14. The molecule has 0 atom stereocenters. The summed E-state index contributed by atoms with van der Waals surface area (Å²) in [6.45, 7) is 2.02. The Morgan fingerprint density at radius 2 is 2.07 bits per heavy atom. The number of carboxylic acids is 1. The highest BCUT2D eigenvalue weighted by molar-refractivity contribution is 8.00. The fourth-order valence-electron chi connectivity index (χ4n) is 2.56. The van der Waals surface area contributed by atoms with Crippen LogP contribution in [-0.4, -0.2) is 11.1 Å². The van der Waals surface area contributed by atoms with E-state index in [0.29, 0.717) is 9.90 Å². The highest BCUT2D eigenvalue weighted by atomic mass is 35.5. The second kappa shape index (κ2) is 8.49. The number of hydrogen-bond donors (Lipinski definition) is 2. The van der Waals surface area contributed by atoms with Gasteiger partial charge in [0.25, 0.3) is 0 Å². The summed E-state index contributed by atoms with van der Waals surface area (Å²) in [5.74, 6) is -0.958. The summed E-state index contributed by atoms with van der Waals surface area (Å²) >= 11 is 8.87. The van der Waals surface area contributed by atoms with E-state index >= 15 is 0 Å². The summed E-state index contributed by atoms with van der Waals surface area (Å²) in [7, 11) is 0. The van der Waals surface area contributed by atoms with Gasteiger partial charge in [-0.1, -0.05) is 30.7 Å². The Bertz CT molecular complexity index is 1040. The van der Waals surface area contributed by atoms with E-state index in [0.717, 1.165) is 33.0 Å². The number of nitriles is 1. The van der Waals surface area contributed by atoms with E-state index in [1.165, 1.54) is 23.3 Å². The molecule has 0 aliphatic heterocycles. The van der Waals surface area contributed by atoms with Gasteiger partial charge in [0.1, 0.15) is 0 Å². The van der Waals surface area contributed by atoms with Crippen molar-refractivity contribution in [2.24, 2.45) is 0 Å². The molecule has 2 aromatic carbocycles. The van der Waals surface area contributed by atoms with E-state index in [9.17, 15) is 15.2 Å². The van der Waals surface area contributed by atoms with E-state index < -0.39 is 5.97 Å². The quantitative estimate of drug-likeness (QED) is 0.461. The van der Waals surface area contributed by atoms with Crippen molar-refractivity contribution in [1.82, 2.24) is 0 Å². The first-order chi connectivity index (χ1) is 13.0. The number of carbonyl (C=O) groups is 1. The molecule has 0 saturated carbocycles. The van der Waals surface area contributed by atoms with Crippen molar-refractivity contribution >= 4 is 46.5 Å². The molecule has 0 aliphatic carbocycles. The maximum atomic E-state index is 11.3. The highest BCUT2D eigenvalue weighted by Crippen LogP contribution is 2.38. The Labute approximate surface area is 170 Å². The molecule has 0 saturated heterocycles. The zero-order chi connectivity index (χ0) is 19.4. The van der Waals surface area contributed by atoms with Gasteiger partial charge in [-0.2, -0.15) is 5.26 Å². The third kappa shape index (κ3) is 4.45. The molecule has 1 heterocycles. The minimum atomic E-state index is -0.958. The second-order valence-electron chi connectivity index (χ2n) is 5.66. The van der Waals surface area contributed by atoms with Gasteiger partial charge in [-0.25, -0.2) is 4.79 Å². The van der Waals surface area contributed by atoms with Gasteiger partial charge in [0.2, 0.25) is 0 Å². The molecule has 3 rings (SSSR count). The van der Waals surface area contributed by atoms with E-state index in [-0.39, 0.29) is 5.56 Å². The van der Waals surface area contributed by atoms with Crippen LogP contribution >= 0.6 is 34.9 Å². The first kappa shape index (κ1) is 19.3. The Hall–Kier alpha value is -2.46. The highest BCUT2D eigenvalue weighted by Gasteiger charge is 2.12. The molecular formula is C20H15ClN2O2S2. The summed E-state index contributed by atoms with van der Waals surface area (Å²) < 4.78 is 3.98. The average molecular weight is 415 g/mol. The molecule has 27 heavy (non-hydrogen) atoms. The van der Waals surface area contributed by atoms with Crippen molar-refractivity contribution in [3.63, 3.8) is 0 Å². The molecule has 4 nitrogen and oxygen atoms in total. The van der Waals surface area contributed by atoms with Crippen LogP contribution in [0.15, 0.2) is 53.4 Å². The number of benzene rings is 2. The van der Waals surface area contributed by atoms with Gasteiger partial charge in [-0.3, -0.25) is 0 Å². The lowest BCUT2D eigenvalue weighted by molar-refractivity contribution is 0.0696. The van der Waals surface area contributed by atoms with Crippen LogP contribution in [0.5, 0.6) is 0 Å². The van der Waals surface area contributed by atoms with Gasteiger partial charge >= 0.3 is 5.97 Å². The predicted octanol–water partition coefficient (Wildman–Crippen LogP) is 6.32. The fourth-order valence-corrected chi connectivity index (χ4v) is 4.56. The molecule has 2 N–H and O–H groups in total. The van der Waals surface area contributed by atoms with Crippen molar-refractivity contribution in [3.8, 4) is 16.5 Å². The van der Waals surface area contributed by atoms with E-state index in [4.69, 9.17) is 11.6 Å². The van der Waals surface area contributed by atoms with Crippen molar-refractivity contribution in [3.05, 3.63) is 69.6 Å². The zero-order valence-electron chi connectivity index (χ0n) is 14.3. The van der Waals surface area contributed by atoms with Gasteiger partial charge in [0.05, 0.1) is 27.2 Å². The lowest BCUT2D eigenvalue weighted by Gasteiger charge is -2.13. The summed E-state index contributed by atoms with van der Waals surface area (Å²) in [6, 6.07) is 16.5. The minimum absolute atomic E-state index is 0.243. The summed E-state index contributed by atoms with van der Waals surface area (Å²) in [6.07, 6.45) is 0.787. The zero-order valence-corrected chi connectivity index (χ0v) is 16.7. The predicted molar refractivity (Wildman–Crippen MR) is 112 cm³/mol. The van der Waals surface area contributed by atoms with Crippen molar-refractivity contribution in [2.75, 3.05) is 4.72 Å². The summed E-state index contributed by atoms with van der Waals surface area (Å²) in [5, 5.41) is 18.5. The minimum Gasteiger partial charge on any atom is -0.478 e. The van der Waals surface area contributed by atoms with Gasteiger partial charge in [-0.15, -0.1) is 11.3 Å². The van der Waals surface area contributed by atoms with Crippen LogP contribution in [0.25, 0.3) is 10.4 Å². The molecule has 7 heteroatoms. The summed E-state index contributed by atoms with van der Waals surface area (Å²) in [5.41, 5.74) is 3.55. The Morgan fingerprint density at radius 1 is 1.26 bits per heavy atom. The van der Waals surface area contributed by atoms with Gasteiger partial charge in [0.15, 0.2) is 0 Å². The lowest BCUT2D eigenvalue weighted by Crippen LogP contribution is -1.99. The van der Waals surface area contributed by atoms with E-state index in [1.807, 2.05) is 31.2 Å². The van der Waals surface area contributed by atoms with Crippen LogP contribution in [0.1, 0.15) is 28.4 Å². The van der Waals surface area contributed by atoms with E-state index in [1.54, 1.807) is 24.3 Å². The molecule has 0 amide bonds. The first-order valence-electron chi connectivity index (χ1n) is 8.10. The number of thiophene rings is 1. The van der Waals surface area contributed by atoms with Crippen molar-refractivity contribution in [2.45, 2.75) is 18.2 Å². The molecule has 0 fully saturated rings. The molecule has 136 valence electrons. The van der Waals surface area contributed by atoms with E-state index in [2.05, 4.69) is 10.8 Å². The molecular weight excluding hydrogens is 400 g/mol. The smallest absolute Gasteiger partial charge is 0.335 e. The maximum absolute atomic E-state index is 11.3. The summed E-state index contributed by atoms with van der Waals surface area (Å²) in [4.78, 5) is 13.1. The molecule has 0 spiro atoms. The number of halogens is 1. The second-order valence-corrected chi connectivity index (χ2v) is 8.22. The van der Waals surface area contributed by atoms with Crippen LogP contribution in [0, 0.1) is 11.3 Å². The molecule has 1 aromatic heterocycles. The van der Waals surface area contributed by atoms with Crippen LogP contribution in [0.3, 0.4) is 0 Å². The molecule has 0 aliphatic rings. The lowest BCUT2D eigenvalue weighted by atomic mass is 10.1. The topological polar surface area (TPSA) is 73.1 Å². The number of rotatable bonds is 6. The SMILES string of the molecule is CCc1ccc(C(=O)O)cc1SNc1cc(C#N)ccc1-c1ccc(Cl)s1. The van der Waals surface area contributed by atoms with Crippen LogP contribution in [0.2, 0.25) is 4.34 Å². The number of nitrogens with zero attached hydrogens (tertiary/aromatic N) is 1. The average Bonchev–Trinajstić information content (AvgIpc) is 3.11. The van der Waals surface area contributed by atoms with Crippen LogP contribution in [0.4, 0.5) is 5.69 Å². The number of aryl methyl sites for hydroxylation is 1. The molecule has 0 unspecified atom stereocenters. The Balaban J connectivity index is 1.95. The number of anilines is 1. The standard InChI is InChI=1S/C20H15ClN2O2S2/c1-2-13-4-5-14(20(24)25)10-18(13)27-23-16-9-12(11-22)3-6-15(16)17-7-8-19(21)26-17/h3-10,23H,2H2,1H3,(H,24,25). The largest absolute Gasteiger partial charge is 0.478 e. The molecule has 0 radical (unpaired) electrons. The fraction of sp³-hybridized carbons (Fsp3) is 0.100. The van der Waals surface area contributed by atoms with Gasteiger partial charge < -0.3 is 9.83 Å². The van der Waals surface area contributed by atoms with Crippen LogP contribution in [-0.2, 0) is 6.42 Å². The van der Waals surface area contributed by atoms with Gasteiger partial charge in [0, 0.05) is 15.3 Å². The normalized spacial score (nSPS) is 10.4. The molecule has 0 bridgehead atoms. The monoisotopic (exact) mass is 414 g/mol. The molecule has 3 aromatic rings. The van der Waals surface area contributed by atoms with Crippen molar-refractivity contribution in [1.29, 1.82) is 5.26 Å². The number of aromatic carboxylic acids is 1. The number of nitrogens with one attached hydrogen (secondary N) is 1. The Morgan fingerprint density at radius 3 is 2.70 bits per heavy atom. The van der Waals surface area contributed by atoms with Gasteiger partial charge in [-0.05, 0) is 60.3 Å². The maximum Gasteiger partial charge on any atom is 0.335 e. The Kier molecular flexibility index (Phi) is 6.07. The number of hydrogen-bond acceptors (Lipinski definition) is 5. The first-order valence-corrected chi connectivity index (χ1v) is 10.1. The van der Waals surface area contributed by atoms with Crippen LogP contribution < -0.4 is 4.72 Å². The number of carboxylic acid groups (broad SMARTS) is 1. The third-order valence-electron chi connectivity index (χ3n) is 3.95.